The zero-order chi connectivity index (χ0) is 11.4. The molecule has 1 aromatic heterocycles. The minimum Gasteiger partial charge on any atom is -0.373 e. The molecule has 1 aliphatic rings. The topological polar surface area (TPSA) is 52.0 Å². The Labute approximate surface area is 96.2 Å². The molecule has 1 aliphatic heterocycles. The maximum Gasteiger partial charge on any atom is 0.0964 e. The molecule has 1 fully saturated rings. The van der Waals surface area contributed by atoms with Gasteiger partial charge in [0.25, 0.3) is 0 Å². The predicted octanol–water partition coefficient (Wildman–Crippen LogP) is 0.955. The van der Waals surface area contributed by atoms with Crippen molar-refractivity contribution in [1.29, 1.82) is 0 Å². The summed E-state index contributed by atoms with van der Waals surface area (Å²) in [7, 11) is 0. The van der Waals surface area contributed by atoms with Crippen molar-refractivity contribution >= 4 is 0 Å². The molecule has 2 unspecified atom stereocenters. The zero-order valence-electron chi connectivity index (χ0n) is 10.0. The summed E-state index contributed by atoms with van der Waals surface area (Å²) in [6, 6.07) is 0. The molecule has 0 amide bonds. The van der Waals surface area contributed by atoms with Crippen LogP contribution in [-0.4, -0.2) is 33.7 Å². The molecule has 90 valence electrons. The summed E-state index contributed by atoms with van der Waals surface area (Å²) in [4.78, 5) is 0. The summed E-state index contributed by atoms with van der Waals surface area (Å²) in [5.74, 6) is 0. The normalized spacial score (nSPS) is 25.1. The van der Waals surface area contributed by atoms with Crippen molar-refractivity contribution in [2.45, 2.75) is 52.0 Å². The lowest BCUT2D eigenvalue weighted by molar-refractivity contribution is 0.0434. The molecule has 5 nitrogen and oxygen atoms in total. The molecule has 1 aromatic rings. The molecule has 0 radical (unpaired) electrons. The van der Waals surface area contributed by atoms with E-state index in [1.807, 2.05) is 10.9 Å². The van der Waals surface area contributed by atoms with Crippen molar-refractivity contribution in [2.75, 3.05) is 6.54 Å². The highest BCUT2D eigenvalue weighted by Crippen LogP contribution is 2.19. The van der Waals surface area contributed by atoms with E-state index in [1.165, 1.54) is 0 Å². The second-order valence-electron chi connectivity index (χ2n) is 4.36. The van der Waals surface area contributed by atoms with Crippen LogP contribution in [0.4, 0.5) is 0 Å². The van der Waals surface area contributed by atoms with Gasteiger partial charge in [0.15, 0.2) is 0 Å². The minimum atomic E-state index is 0.309. The molecule has 0 bridgehead atoms. The molecular weight excluding hydrogens is 204 g/mol. The summed E-state index contributed by atoms with van der Waals surface area (Å²) >= 11 is 0. The third kappa shape index (κ3) is 3.02. The maximum atomic E-state index is 5.75. The first-order valence-corrected chi connectivity index (χ1v) is 6.03. The van der Waals surface area contributed by atoms with Crippen molar-refractivity contribution in [1.82, 2.24) is 20.3 Å². The summed E-state index contributed by atoms with van der Waals surface area (Å²) in [5, 5.41) is 11.4. The number of nitrogens with one attached hydrogen (secondary N) is 1. The van der Waals surface area contributed by atoms with Crippen LogP contribution in [0.25, 0.3) is 0 Å². The van der Waals surface area contributed by atoms with Crippen molar-refractivity contribution in [3.63, 3.8) is 0 Å². The Morgan fingerprint density at radius 3 is 3.12 bits per heavy atom. The summed E-state index contributed by atoms with van der Waals surface area (Å²) < 4.78 is 7.64. The smallest absolute Gasteiger partial charge is 0.0964 e. The maximum absolute atomic E-state index is 5.75. The van der Waals surface area contributed by atoms with Crippen LogP contribution in [0.3, 0.4) is 0 Å². The Balaban J connectivity index is 1.83. The van der Waals surface area contributed by atoms with Gasteiger partial charge in [0.05, 0.1) is 24.4 Å². The molecule has 1 saturated heterocycles. The van der Waals surface area contributed by atoms with Gasteiger partial charge in [-0.3, -0.25) is 0 Å². The van der Waals surface area contributed by atoms with E-state index in [9.17, 15) is 0 Å². The summed E-state index contributed by atoms with van der Waals surface area (Å²) in [6.07, 6.45) is 4.99. The number of aromatic nitrogens is 3. The molecule has 16 heavy (non-hydrogen) atoms. The molecule has 5 heteroatoms. The second-order valence-corrected chi connectivity index (χ2v) is 4.36. The Bertz CT molecular complexity index is 326. The highest BCUT2D eigenvalue weighted by atomic mass is 16.5. The summed E-state index contributed by atoms with van der Waals surface area (Å²) in [5.41, 5.74) is 0.993. The minimum absolute atomic E-state index is 0.309. The first-order chi connectivity index (χ1) is 7.78. The average Bonchev–Trinajstić information content (AvgIpc) is 2.86. The standard InChI is InChI=1S/C11H20N4O/c1-3-12-6-10-7-15(14-13-10)8-11-5-4-9(2)16-11/h7,9,11-12H,3-6,8H2,1-2H3. The molecule has 1 N–H and O–H groups in total. The molecule has 0 aliphatic carbocycles. The van der Waals surface area contributed by atoms with E-state index < -0.39 is 0 Å². The van der Waals surface area contributed by atoms with Crippen LogP contribution in [0, 0.1) is 0 Å². The van der Waals surface area contributed by atoms with Gasteiger partial charge >= 0.3 is 0 Å². The fourth-order valence-electron chi connectivity index (χ4n) is 1.99. The third-order valence-corrected chi connectivity index (χ3v) is 2.85. The van der Waals surface area contributed by atoms with Gasteiger partial charge in [-0.05, 0) is 26.3 Å². The van der Waals surface area contributed by atoms with Crippen molar-refractivity contribution < 1.29 is 4.74 Å². The monoisotopic (exact) mass is 224 g/mol. The molecule has 0 spiro atoms. The van der Waals surface area contributed by atoms with Gasteiger partial charge in [-0.15, -0.1) is 5.10 Å². The molecule has 2 atom stereocenters. The number of hydrogen-bond donors (Lipinski definition) is 1. The van der Waals surface area contributed by atoms with Crippen LogP contribution < -0.4 is 5.32 Å². The second kappa shape index (κ2) is 5.41. The van der Waals surface area contributed by atoms with Gasteiger partial charge in [0.2, 0.25) is 0 Å². The highest BCUT2D eigenvalue weighted by molar-refractivity contribution is 4.91. The molecule has 0 aromatic carbocycles. The molecule has 2 rings (SSSR count). The number of hydrogen-bond acceptors (Lipinski definition) is 4. The van der Waals surface area contributed by atoms with E-state index in [4.69, 9.17) is 4.74 Å². The number of ether oxygens (including phenoxy) is 1. The van der Waals surface area contributed by atoms with Crippen LogP contribution >= 0.6 is 0 Å². The van der Waals surface area contributed by atoms with Gasteiger partial charge in [-0.1, -0.05) is 12.1 Å². The Hall–Kier alpha value is -0.940. The summed E-state index contributed by atoms with van der Waals surface area (Å²) in [6.45, 7) is 6.77. The highest BCUT2D eigenvalue weighted by Gasteiger charge is 2.22. The lowest BCUT2D eigenvalue weighted by Crippen LogP contribution is -2.17. The van der Waals surface area contributed by atoms with Crippen LogP contribution in [0.5, 0.6) is 0 Å². The Kier molecular flexibility index (Phi) is 3.90. The third-order valence-electron chi connectivity index (χ3n) is 2.85. The fraction of sp³-hybridized carbons (Fsp3) is 0.818. The van der Waals surface area contributed by atoms with E-state index in [2.05, 4.69) is 29.5 Å². The lowest BCUT2D eigenvalue weighted by Gasteiger charge is -2.09. The number of nitrogens with zero attached hydrogens (tertiary/aromatic N) is 3. The first-order valence-electron chi connectivity index (χ1n) is 6.03. The van der Waals surface area contributed by atoms with Crippen LogP contribution in [-0.2, 0) is 17.8 Å². The van der Waals surface area contributed by atoms with Gasteiger partial charge in [0.1, 0.15) is 0 Å². The van der Waals surface area contributed by atoms with E-state index in [1.54, 1.807) is 0 Å². The Morgan fingerprint density at radius 1 is 1.56 bits per heavy atom. The average molecular weight is 224 g/mol. The molecule has 2 heterocycles. The number of rotatable bonds is 5. The largest absolute Gasteiger partial charge is 0.373 e. The lowest BCUT2D eigenvalue weighted by atomic mass is 10.2. The van der Waals surface area contributed by atoms with E-state index in [0.717, 1.165) is 38.2 Å². The van der Waals surface area contributed by atoms with Gasteiger partial charge in [-0.25, -0.2) is 4.68 Å². The van der Waals surface area contributed by atoms with Crippen molar-refractivity contribution in [3.05, 3.63) is 11.9 Å². The Morgan fingerprint density at radius 2 is 2.44 bits per heavy atom. The van der Waals surface area contributed by atoms with Gasteiger partial charge in [-0.2, -0.15) is 0 Å². The van der Waals surface area contributed by atoms with Gasteiger partial charge < -0.3 is 10.1 Å². The molecule has 0 saturated carbocycles. The molecular formula is C11H20N4O. The van der Waals surface area contributed by atoms with Crippen LogP contribution in [0.1, 0.15) is 32.4 Å². The SMILES string of the molecule is CCNCc1cn(CC2CCC(C)O2)nn1. The van der Waals surface area contributed by atoms with Crippen molar-refractivity contribution in [2.24, 2.45) is 0 Å². The van der Waals surface area contributed by atoms with E-state index in [0.29, 0.717) is 12.2 Å². The van der Waals surface area contributed by atoms with Gasteiger partial charge in [0, 0.05) is 12.7 Å². The van der Waals surface area contributed by atoms with E-state index in [-0.39, 0.29) is 0 Å². The predicted molar refractivity (Wildman–Crippen MR) is 61.0 cm³/mol. The quantitative estimate of drug-likeness (QED) is 0.809. The van der Waals surface area contributed by atoms with Crippen LogP contribution in [0.15, 0.2) is 6.20 Å². The van der Waals surface area contributed by atoms with E-state index >= 15 is 0 Å². The van der Waals surface area contributed by atoms with Crippen LogP contribution in [0.2, 0.25) is 0 Å². The fourth-order valence-corrected chi connectivity index (χ4v) is 1.99. The van der Waals surface area contributed by atoms with Crippen molar-refractivity contribution in [3.8, 4) is 0 Å². The first kappa shape index (κ1) is 11.5. The zero-order valence-corrected chi connectivity index (χ0v) is 10.0.